The van der Waals surface area contributed by atoms with Gasteiger partial charge in [-0.2, -0.15) is 5.10 Å². The quantitative estimate of drug-likeness (QED) is 0.607. The summed E-state index contributed by atoms with van der Waals surface area (Å²) in [6.07, 6.45) is 7.27. The molecule has 3 aromatic heterocycles. The molecule has 6 heteroatoms. The summed E-state index contributed by atoms with van der Waals surface area (Å²) >= 11 is 0. The van der Waals surface area contributed by atoms with Crippen molar-refractivity contribution in [2.75, 3.05) is 5.32 Å². The molecule has 1 N–H and O–H groups in total. The third-order valence-corrected chi connectivity index (χ3v) is 4.04. The average molecular weight is 330 g/mol. The summed E-state index contributed by atoms with van der Waals surface area (Å²) in [4.78, 5) is 13.0. The van der Waals surface area contributed by atoms with Crippen LogP contribution in [0.2, 0.25) is 0 Å². The summed E-state index contributed by atoms with van der Waals surface area (Å²) in [6, 6.07) is 14.2. The van der Waals surface area contributed by atoms with Gasteiger partial charge >= 0.3 is 0 Å². The number of benzene rings is 1. The fourth-order valence-corrected chi connectivity index (χ4v) is 2.70. The lowest BCUT2D eigenvalue weighted by Gasteiger charge is -2.12. The van der Waals surface area contributed by atoms with E-state index >= 15 is 0 Å². The van der Waals surface area contributed by atoms with E-state index in [1.807, 2.05) is 41.2 Å². The number of fused-ring (bicyclic) bond motifs is 1. The highest BCUT2D eigenvalue weighted by Gasteiger charge is 2.10. The van der Waals surface area contributed by atoms with Gasteiger partial charge in [-0.05, 0) is 24.6 Å². The Morgan fingerprint density at radius 1 is 1.04 bits per heavy atom. The number of anilines is 1. The molecule has 0 radical (unpaired) electrons. The van der Waals surface area contributed by atoms with Gasteiger partial charge < -0.3 is 5.32 Å². The number of rotatable bonds is 5. The van der Waals surface area contributed by atoms with Crippen molar-refractivity contribution in [1.82, 2.24) is 24.7 Å². The van der Waals surface area contributed by atoms with Crippen LogP contribution in [0.25, 0.3) is 11.2 Å². The van der Waals surface area contributed by atoms with Gasteiger partial charge in [-0.3, -0.25) is 9.67 Å². The molecule has 1 aromatic carbocycles. The summed E-state index contributed by atoms with van der Waals surface area (Å²) in [6.45, 7) is 2.85. The smallest absolute Gasteiger partial charge is 0.180 e. The van der Waals surface area contributed by atoms with E-state index < -0.39 is 0 Å². The lowest BCUT2D eigenvalue weighted by atomic mass is 10.2. The first kappa shape index (κ1) is 15.3. The molecule has 0 saturated heterocycles. The monoisotopic (exact) mass is 330 g/mol. The number of hydrogen-bond acceptors (Lipinski definition) is 5. The van der Waals surface area contributed by atoms with Crippen molar-refractivity contribution in [3.63, 3.8) is 0 Å². The van der Waals surface area contributed by atoms with E-state index in [2.05, 4.69) is 50.6 Å². The lowest BCUT2D eigenvalue weighted by Crippen LogP contribution is -2.07. The van der Waals surface area contributed by atoms with Crippen molar-refractivity contribution in [3.8, 4) is 0 Å². The van der Waals surface area contributed by atoms with Crippen molar-refractivity contribution in [2.24, 2.45) is 0 Å². The zero-order valence-corrected chi connectivity index (χ0v) is 13.9. The lowest BCUT2D eigenvalue weighted by molar-refractivity contribution is 0.685. The molecule has 4 rings (SSSR count). The highest BCUT2D eigenvalue weighted by atomic mass is 15.3. The van der Waals surface area contributed by atoms with E-state index in [1.54, 1.807) is 12.4 Å². The van der Waals surface area contributed by atoms with E-state index in [9.17, 15) is 0 Å². The molecule has 0 bridgehead atoms. The van der Waals surface area contributed by atoms with Gasteiger partial charge in [0, 0.05) is 24.2 Å². The molecule has 0 amide bonds. The highest BCUT2D eigenvalue weighted by molar-refractivity contribution is 5.71. The summed E-state index contributed by atoms with van der Waals surface area (Å²) in [5.41, 5.74) is 3.76. The first-order valence-corrected chi connectivity index (χ1v) is 8.18. The Morgan fingerprint density at radius 2 is 1.88 bits per heavy atom. The normalized spacial score (nSPS) is 12.2. The van der Waals surface area contributed by atoms with Crippen molar-refractivity contribution in [2.45, 2.75) is 19.5 Å². The number of nitrogens with one attached hydrogen (secondary N) is 1. The third-order valence-electron chi connectivity index (χ3n) is 4.04. The largest absolute Gasteiger partial charge is 0.363 e. The van der Waals surface area contributed by atoms with Crippen LogP contribution < -0.4 is 5.32 Å². The van der Waals surface area contributed by atoms with Crippen LogP contribution in [0.15, 0.2) is 67.3 Å². The van der Waals surface area contributed by atoms with Gasteiger partial charge in [0.15, 0.2) is 5.65 Å². The summed E-state index contributed by atoms with van der Waals surface area (Å²) in [5.74, 6) is 0.774. The Morgan fingerprint density at radius 3 is 2.76 bits per heavy atom. The molecule has 25 heavy (non-hydrogen) atoms. The fraction of sp³-hybridized carbons (Fsp3) is 0.158. The molecule has 0 fully saturated rings. The molecule has 1 atom stereocenters. The van der Waals surface area contributed by atoms with E-state index in [0.717, 1.165) is 23.4 Å². The minimum atomic E-state index is 0.0890. The number of pyridine rings is 1. The number of nitrogens with zero attached hydrogens (tertiary/aromatic N) is 5. The van der Waals surface area contributed by atoms with Crippen molar-refractivity contribution in [3.05, 3.63) is 78.4 Å². The maximum Gasteiger partial charge on any atom is 0.180 e. The zero-order valence-electron chi connectivity index (χ0n) is 13.9. The summed E-state index contributed by atoms with van der Waals surface area (Å²) in [7, 11) is 0. The van der Waals surface area contributed by atoms with Crippen LogP contribution in [0.5, 0.6) is 0 Å². The Bertz CT molecular complexity index is 979. The van der Waals surface area contributed by atoms with Gasteiger partial charge in [-0.25, -0.2) is 9.97 Å². The predicted molar refractivity (Wildman–Crippen MR) is 97.1 cm³/mol. The maximum atomic E-state index is 4.50. The summed E-state index contributed by atoms with van der Waals surface area (Å²) < 4.78 is 1.95. The van der Waals surface area contributed by atoms with E-state index in [0.29, 0.717) is 5.65 Å². The van der Waals surface area contributed by atoms with E-state index in [4.69, 9.17) is 0 Å². The Labute approximate surface area is 145 Å². The second-order valence-corrected chi connectivity index (χ2v) is 5.92. The molecule has 124 valence electrons. The van der Waals surface area contributed by atoms with Gasteiger partial charge in [-0.15, -0.1) is 0 Å². The van der Waals surface area contributed by atoms with E-state index in [-0.39, 0.29) is 6.04 Å². The fourth-order valence-electron chi connectivity index (χ4n) is 2.70. The van der Waals surface area contributed by atoms with Gasteiger partial charge in [-0.1, -0.05) is 30.3 Å². The Balaban J connectivity index is 1.48. The Hall–Kier alpha value is -3.28. The minimum absolute atomic E-state index is 0.0890. The van der Waals surface area contributed by atoms with Crippen LogP contribution in [0.1, 0.15) is 24.1 Å². The van der Waals surface area contributed by atoms with E-state index in [1.165, 1.54) is 5.56 Å². The molecule has 0 spiro atoms. The molecule has 0 aliphatic rings. The zero-order chi connectivity index (χ0) is 17.1. The second-order valence-electron chi connectivity index (χ2n) is 5.92. The SMILES string of the molecule is CC(Nc1ccc2nccnc2n1)c1cnn(Cc2ccccc2)c1. The first-order chi connectivity index (χ1) is 12.3. The topological polar surface area (TPSA) is 68.5 Å². The van der Waals surface area contributed by atoms with Crippen molar-refractivity contribution < 1.29 is 0 Å². The maximum absolute atomic E-state index is 4.50. The molecule has 4 aromatic rings. The van der Waals surface area contributed by atoms with Crippen molar-refractivity contribution in [1.29, 1.82) is 0 Å². The predicted octanol–water partition coefficient (Wildman–Crippen LogP) is 3.44. The first-order valence-electron chi connectivity index (χ1n) is 8.18. The number of hydrogen-bond donors (Lipinski definition) is 1. The molecule has 0 aliphatic carbocycles. The van der Waals surface area contributed by atoms with Crippen LogP contribution in [-0.4, -0.2) is 24.7 Å². The van der Waals surface area contributed by atoms with Crippen LogP contribution >= 0.6 is 0 Å². The molecular formula is C19H18N6. The highest BCUT2D eigenvalue weighted by Crippen LogP contribution is 2.19. The molecule has 3 heterocycles. The average Bonchev–Trinajstić information content (AvgIpc) is 3.11. The standard InChI is InChI=1S/C19H18N6/c1-14(23-18-8-7-17-19(24-18)21-10-9-20-17)16-11-22-25(13-16)12-15-5-3-2-4-6-15/h2-11,13-14H,12H2,1H3,(H,21,23,24). The Kier molecular flexibility index (Phi) is 4.08. The second kappa shape index (κ2) is 6.68. The van der Waals surface area contributed by atoms with Gasteiger partial charge in [0.25, 0.3) is 0 Å². The number of aromatic nitrogens is 5. The molecule has 1 unspecified atom stereocenters. The molecule has 6 nitrogen and oxygen atoms in total. The van der Waals surface area contributed by atoms with Gasteiger partial charge in [0.2, 0.25) is 0 Å². The third kappa shape index (κ3) is 3.47. The van der Waals surface area contributed by atoms with Crippen LogP contribution in [0.4, 0.5) is 5.82 Å². The van der Waals surface area contributed by atoms with Crippen LogP contribution in [0.3, 0.4) is 0 Å². The molecule has 0 saturated carbocycles. The summed E-state index contributed by atoms with van der Waals surface area (Å²) in [5, 5.41) is 7.85. The van der Waals surface area contributed by atoms with Crippen molar-refractivity contribution >= 4 is 17.0 Å². The molecule has 0 aliphatic heterocycles. The van der Waals surface area contributed by atoms with Crippen LogP contribution in [0, 0.1) is 0 Å². The van der Waals surface area contributed by atoms with Gasteiger partial charge in [0.05, 0.1) is 18.8 Å². The molecular weight excluding hydrogens is 312 g/mol. The van der Waals surface area contributed by atoms with Gasteiger partial charge in [0.1, 0.15) is 11.3 Å². The minimum Gasteiger partial charge on any atom is -0.363 e. The van der Waals surface area contributed by atoms with Crippen LogP contribution in [-0.2, 0) is 6.54 Å².